The van der Waals surface area contributed by atoms with Crippen molar-refractivity contribution in [1.29, 1.82) is 0 Å². The van der Waals surface area contributed by atoms with Gasteiger partial charge in [0.2, 0.25) is 0 Å². The molecule has 2 aromatic heterocycles. The average Bonchev–Trinajstić information content (AvgIpc) is 3.19. The van der Waals surface area contributed by atoms with Gasteiger partial charge in [-0.2, -0.15) is 31.4 Å². The lowest BCUT2D eigenvalue weighted by Crippen LogP contribution is -2.43. The summed E-state index contributed by atoms with van der Waals surface area (Å²) in [7, 11) is 0. The molecule has 0 amide bonds. The van der Waals surface area contributed by atoms with Crippen molar-refractivity contribution in [2.45, 2.75) is 50.4 Å². The van der Waals surface area contributed by atoms with Gasteiger partial charge >= 0.3 is 24.3 Å². The Balaban J connectivity index is 0.000000301. The van der Waals surface area contributed by atoms with E-state index in [0.717, 1.165) is 44.8 Å². The molecule has 0 saturated carbocycles. The van der Waals surface area contributed by atoms with Gasteiger partial charge in [0.15, 0.2) is 5.82 Å². The Labute approximate surface area is 210 Å². The minimum absolute atomic E-state index is 0.0602. The van der Waals surface area contributed by atoms with Gasteiger partial charge in [-0.1, -0.05) is 0 Å². The molecule has 10 nitrogen and oxygen atoms in total. The first-order valence-electron chi connectivity index (χ1n) is 10.9. The Bertz CT molecular complexity index is 1030. The van der Waals surface area contributed by atoms with Gasteiger partial charge in [0.25, 0.3) is 5.88 Å². The van der Waals surface area contributed by atoms with Crippen LogP contribution < -0.4 is 4.74 Å². The normalized spacial score (nSPS) is 18.6. The van der Waals surface area contributed by atoms with Crippen molar-refractivity contribution in [3.8, 4) is 5.88 Å². The highest BCUT2D eigenvalue weighted by Crippen LogP contribution is 2.23. The van der Waals surface area contributed by atoms with Crippen molar-refractivity contribution in [3.05, 3.63) is 42.1 Å². The predicted octanol–water partition coefficient (Wildman–Crippen LogP) is 3.13. The molecule has 0 aromatic carbocycles. The number of pyridine rings is 1. The molecule has 0 spiro atoms. The van der Waals surface area contributed by atoms with Gasteiger partial charge in [0.1, 0.15) is 6.10 Å². The lowest BCUT2D eigenvalue weighted by molar-refractivity contribution is -0.193. The van der Waals surface area contributed by atoms with E-state index in [0.29, 0.717) is 12.6 Å². The van der Waals surface area contributed by atoms with E-state index in [1.54, 1.807) is 18.5 Å². The highest BCUT2D eigenvalue weighted by Gasteiger charge is 2.39. The second-order valence-corrected chi connectivity index (χ2v) is 7.91. The van der Waals surface area contributed by atoms with Gasteiger partial charge in [-0.15, -0.1) is 0 Å². The molecule has 2 aromatic rings. The van der Waals surface area contributed by atoms with Gasteiger partial charge in [-0.05, 0) is 31.0 Å². The standard InChI is InChI=1S/C17H21FN4O2.2C2HF3O2/c18-16-2-1-6-19-17(16)24-15-11-21(13-4-8-23-9-5-13)10-14-3-7-20-22(14)12-15;2*3-2(4,5)1(6)7/h1-3,6-7,13,15H,4-5,8-12H2;2*(H,6,7). The molecule has 0 radical (unpaired) electrons. The van der Waals surface area contributed by atoms with Crippen LogP contribution in [0.1, 0.15) is 18.5 Å². The first-order valence-corrected chi connectivity index (χ1v) is 10.9. The summed E-state index contributed by atoms with van der Waals surface area (Å²) in [6.45, 7) is 3.74. The lowest BCUT2D eigenvalue weighted by atomic mass is 10.1. The third-order valence-corrected chi connectivity index (χ3v) is 5.18. The van der Waals surface area contributed by atoms with Crippen LogP contribution in [-0.4, -0.2) is 86.1 Å². The zero-order valence-electron chi connectivity index (χ0n) is 19.5. The third kappa shape index (κ3) is 9.77. The number of aromatic nitrogens is 3. The average molecular weight is 560 g/mol. The molecule has 1 atom stereocenters. The fraction of sp³-hybridized carbons (Fsp3) is 0.524. The van der Waals surface area contributed by atoms with Crippen LogP contribution in [0.25, 0.3) is 0 Å². The molecule has 2 aliphatic rings. The van der Waals surface area contributed by atoms with Crippen LogP contribution in [0.2, 0.25) is 0 Å². The fourth-order valence-corrected chi connectivity index (χ4v) is 3.46. The number of rotatable bonds is 3. The van der Waals surface area contributed by atoms with Crippen LogP contribution >= 0.6 is 0 Å². The molecule has 0 aliphatic carbocycles. The molecule has 2 N–H and O–H groups in total. The van der Waals surface area contributed by atoms with Crippen molar-refractivity contribution in [2.75, 3.05) is 19.8 Å². The van der Waals surface area contributed by atoms with Crippen molar-refractivity contribution in [2.24, 2.45) is 0 Å². The lowest BCUT2D eigenvalue weighted by Gasteiger charge is -2.34. The van der Waals surface area contributed by atoms with Gasteiger partial charge in [0.05, 0.1) is 12.2 Å². The number of carboxylic acids is 2. The van der Waals surface area contributed by atoms with Crippen molar-refractivity contribution in [3.63, 3.8) is 0 Å². The van der Waals surface area contributed by atoms with Gasteiger partial charge < -0.3 is 19.7 Å². The number of nitrogens with zero attached hydrogens (tertiary/aromatic N) is 4. The minimum atomic E-state index is -5.08. The predicted molar refractivity (Wildman–Crippen MR) is 112 cm³/mol. The van der Waals surface area contributed by atoms with Gasteiger partial charge in [-0.3, -0.25) is 9.58 Å². The van der Waals surface area contributed by atoms with Crippen LogP contribution in [0.3, 0.4) is 0 Å². The van der Waals surface area contributed by atoms with E-state index in [1.165, 1.54) is 6.07 Å². The highest BCUT2D eigenvalue weighted by atomic mass is 19.4. The zero-order valence-corrected chi connectivity index (χ0v) is 19.5. The van der Waals surface area contributed by atoms with E-state index < -0.39 is 30.1 Å². The number of carbonyl (C=O) groups is 2. The van der Waals surface area contributed by atoms with E-state index in [4.69, 9.17) is 29.3 Å². The van der Waals surface area contributed by atoms with Crippen molar-refractivity contribution in [1.82, 2.24) is 19.7 Å². The molecule has 1 fully saturated rings. The first kappa shape index (κ1) is 30.8. The summed E-state index contributed by atoms with van der Waals surface area (Å²) in [5, 5.41) is 18.6. The second kappa shape index (κ2) is 13.4. The Hall–Kier alpha value is -3.47. The molecule has 4 rings (SSSR count). The SMILES string of the molecule is Fc1cccnc1OC1CN(C2CCOCC2)Cc2ccnn2C1.O=C(O)C(F)(F)F.O=C(O)C(F)(F)F. The molecule has 0 bridgehead atoms. The maximum Gasteiger partial charge on any atom is 0.490 e. The Morgan fingerprint density at radius 2 is 1.55 bits per heavy atom. The topological polar surface area (TPSA) is 127 Å². The van der Waals surface area contributed by atoms with E-state index in [9.17, 15) is 30.7 Å². The number of carboxylic acid groups (broad SMARTS) is 2. The molecular formula is C21H23F7N4O6. The Morgan fingerprint density at radius 1 is 0.974 bits per heavy atom. The van der Waals surface area contributed by atoms with E-state index in [-0.39, 0.29) is 12.0 Å². The van der Waals surface area contributed by atoms with Crippen LogP contribution in [0.15, 0.2) is 30.6 Å². The number of fused-ring (bicyclic) bond motifs is 1. The molecule has 212 valence electrons. The van der Waals surface area contributed by atoms with Crippen molar-refractivity contribution >= 4 is 11.9 Å². The second-order valence-electron chi connectivity index (χ2n) is 7.91. The summed E-state index contributed by atoms with van der Waals surface area (Å²) < 4.78 is 90.7. The number of alkyl halides is 6. The molecule has 2 aliphatic heterocycles. The van der Waals surface area contributed by atoms with Gasteiger partial charge in [-0.25, -0.2) is 19.0 Å². The summed E-state index contributed by atoms with van der Waals surface area (Å²) >= 11 is 0. The Morgan fingerprint density at radius 3 is 2.08 bits per heavy atom. The fourth-order valence-electron chi connectivity index (χ4n) is 3.46. The number of aliphatic carboxylic acids is 2. The van der Waals surface area contributed by atoms with E-state index in [2.05, 4.69) is 15.0 Å². The quantitative estimate of drug-likeness (QED) is 0.545. The molecule has 1 saturated heterocycles. The Kier molecular flexibility index (Phi) is 10.8. The van der Waals surface area contributed by atoms with E-state index >= 15 is 0 Å². The number of ether oxygens (including phenoxy) is 2. The summed E-state index contributed by atoms with van der Waals surface area (Å²) in [6, 6.07) is 5.43. The minimum Gasteiger partial charge on any atom is -0.475 e. The number of hydrogen-bond acceptors (Lipinski definition) is 7. The zero-order chi connectivity index (χ0) is 28.5. The van der Waals surface area contributed by atoms with E-state index in [1.807, 2.05) is 10.7 Å². The van der Waals surface area contributed by atoms with Crippen LogP contribution in [0.4, 0.5) is 30.7 Å². The smallest absolute Gasteiger partial charge is 0.475 e. The largest absolute Gasteiger partial charge is 0.490 e. The maximum absolute atomic E-state index is 13.9. The first-order chi connectivity index (χ1) is 17.7. The van der Waals surface area contributed by atoms with Gasteiger partial charge in [0, 0.05) is 44.7 Å². The van der Waals surface area contributed by atoms with Crippen LogP contribution in [-0.2, 0) is 27.4 Å². The summed E-state index contributed by atoms with van der Waals surface area (Å²) in [5.74, 6) is -5.88. The van der Waals surface area contributed by atoms with Crippen LogP contribution in [0.5, 0.6) is 5.88 Å². The summed E-state index contributed by atoms with van der Waals surface area (Å²) in [5.41, 5.74) is 1.16. The molecule has 1 unspecified atom stereocenters. The van der Waals surface area contributed by atoms with Crippen molar-refractivity contribution < 1.29 is 60.0 Å². The maximum atomic E-state index is 13.9. The summed E-state index contributed by atoms with van der Waals surface area (Å²) in [6.07, 6.45) is -4.98. The summed E-state index contributed by atoms with van der Waals surface area (Å²) in [4.78, 5) is 24.2. The van der Waals surface area contributed by atoms with Crippen LogP contribution in [0, 0.1) is 5.82 Å². The molecule has 38 heavy (non-hydrogen) atoms. The molecule has 17 heteroatoms. The molecule has 4 heterocycles. The number of hydrogen-bond donors (Lipinski definition) is 2. The highest BCUT2D eigenvalue weighted by molar-refractivity contribution is 5.73. The molecular weight excluding hydrogens is 537 g/mol. The number of halogens is 7. The third-order valence-electron chi connectivity index (χ3n) is 5.18. The monoisotopic (exact) mass is 560 g/mol.